The summed E-state index contributed by atoms with van der Waals surface area (Å²) >= 11 is 0. The fraction of sp³-hybridized carbons (Fsp3) is 0.0909. The van der Waals surface area contributed by atoms with Gasteiger partial charge in [0.25, 0.3) is 5.91 Å². The van der Waals surface area contributed by atoms with Gasteiger partial charge in [-0.3, -0.25) is 4.79 Å². The second-order valence-corrected chi connectivity index (χ2v) is 3.24. The molecule has 0 atom stereocenters. The Morgan fingerprint density at radius 3 is 2.81 bits per heavy atom. The molecular formula is C11H12N4O. The van der Waals surface area contributed by atoms with Crippen LogP contribution in [0.25, 0.3) is 0 Å². The Balaban J connectivity index is 2.06. The summed E-state index contributed by atoms with van der Waals surface area (Å²) in [6.45, 7) is 0. The molecule has 1 amide bonds. The summed E-state index contributed by atoms with van der Waals surface area (Å²) in [4.78, 5) is 18.6. The minimum Gasteiger partial charge on any atom is -0.373 e. The number of anilines is 2. The number of aromatic amines is 1. The molecule has 0 aliphatic carbocycles. The van der Waals surface area contributed by atoms with E-state index in [4.69, 9.17) is 0 Å². The summed E-state index contributed by atoms with van der Waals surface area (Å²) in [5.41, 5.74) is 1.27. The van der Waals surface area contributed by atoms with Gasteiger partial charge in [0.05, 0.1) is 17.4 Å². The molecule has 0 aromatic carbocycles. The zero-order valence-electron chi connectivity index (χ0n) is 8.82. The Morgan fingerprint density at radius 1 is 1.38 bits per heavy atom. The molecule has 5 heteroatoms. The highest BCUT2D eigenvalue weighted by Gasteiger charge is 2.05. The molecule has 0 saturated heterocycles. The molecular weight excluding hydrogens is 204 g/mol. The Labute approximate surface area is 92.9 Å². The third-order valence-corrected chi connectivity index (χ3v) is 2.14. The molecule has 2 aromatic heterocycles. The Hall–Kier alpha value is -2.30. The van der Waals surface area contributed by atoms with E-state index in [-0.39, 0.29) is 5.91 Å². The second kappa shape index (κ2) is 4.48. The van der Waals surface area contributed by atoms with E-state index in [1.807, 2.05) is 0 Å². The van der Waals surface area contributed by atoms with Crippen LogP contribution in [0.4, 0.5) is 11.5 Å². The highest BCUT2D eigenvalue weighted by molar-refractivity contribution is 6.04. The lowest BCUT2D eigenvalue weighted by Crippen LogP contribution is -2.11. The van der Waals surface area contributed by atoms with Crippen LogP contribution in [0.3, 0.4) is 0 Å². The number of carbonyl (C=O) groups is 1. The Bertz CT molecular complexity index is 461. The number of hydrogen-bond donors (Lipinski definition) is 3. The van der Waals surface area contributed by atoms with Gasteiger partial charge in [-0.05, 0) is 18.2 Å². The topological polar surface area (TPSA) is 69.8 Å². The van der Waals surface area contributed by atoms with Crippen LogP contribution in [0, 0.1) is 0 Å². The zero-order chi connectivity index (χ0) is 11.4. The van der Waals surface area contributed by atoms with Crippen molar-refractivity contribution in [1.82, 2.24) is 9.97 Å². The highest BCUT2D eigenvalue weighted by Crippen LogP contribution is 2.10. The van der Waals surface area contributed by atoms with Gasteiger partial charge in [-0.1, -0.05) is 0 Å². The number of aromatic nitrogens is 2. The van der Waals surface area contributed by atoms with Crippen molar-refractivity contribution in [1.29, 1.82) is 0 Å². The van der Waals surface area contributed by atoms with Crippen molar-refractivity contribution < 1.29 is 4.79 Å². The third-order valence-electron chi connectivity index (χ3n) is 2.14. The molecule has 2 heterocycles. The van der Waals surface area contributed by atoms with Crippen molar-refractivity contribution in [3.05, 3.63) is 42.4 Å². The molecule has 0 bridgehead atoms. The summed E-state index contributed by atoms with van der Waals surface area (Å²) in [6.07, 6.45) is 4.96. The van der Waals surface area contributed by atoms with E-state index in [0.29, 0.717) is 11.3 Å². The van der Waals surface area contributed by atoms with Crippen molar-refractivity contribution in [2.75, 3.05) is 17.7 Å². The molecule has 16 heavy (non-hydrogen) atoms. The summed E-state index contributed by atoms with van der Waals surface area (Å²) in [5.74, 6) is 0.611. The third kappa shape index (κ3) is 2.20. The molecule has 2 rings (SSSR count). The number of carbonyl (C=O) groups excluding carboxylic acids is 1. The average molecular weight is 216 g/mol. The van der Waals surface area contributed by atoms with Crippen LogP contribution in [-0.2, 0) is 0 Å². The molecule has 0 radical (unpaired) electrons. The molecule has 0 fully saturated rings. The normalized spacial score (nSPS) is 9.81. The first-order valence-corrected chi connectivity index (χ1v) is 4.87. The maximum atomic E-state index is 11.7. The van der Waals surface area contributed by atoms with Crippen LogP contribution in [-0.4, -0.2) is 22.9 Å². The monoisotopic (exact) mass is 216 g/mol. The quantitative estimate of drug-likeness (QED) is 0.731. The van der Waals surface area contributed by atoms with Crippen LogP contribution >= 0.6 is 0 Å². The SMILES string of the molecule is CNc1ccc(NC(=O)c2cc[nH]c2)cn1. The van der Waals surface area contributed by atoms with Crippen molar-refractivity contribution in [3.8, 4) is 0 Å². The molecule has 2 aromatic rings. The van der Waals surface area contributed by atoms with Crippen molar-refractivity contribution in [2.45, 2.75) is 0 Å². The lowest BCUT2D eigenvalue weighted by atomic mass is 10.3. The van der Waals surface area contributed by atoms with Gasteiger partial charge in [0.2, 0.25) is 0 Å². The maximum absolute atomic E-state index is 11.7. The van der Waals surface area contributed by atoms with E-state index in [1.54, 1.807) is 43.8 Å². The fourth-order valence-electron chi connectivity index (χ4n) is 1.28. The molecule has 0 spiro atoms. The van der Waals surface area contributed by atoms with Crippen LogP contribution < -0.4 is 10.6 Å². The molecule has 0 unspecified atom stereocenters. The number of nitrogens with one attached hydrogen (secondary N) is 3. The number of hydrogen-bond acceptors (Lipinski definition) is 3. The van der Waals surface area contributed by atoms with E-state index in [1.165, 1.54) is 0 Å². The van der Waals surface area contributed by atoms with E-state index in [2.05, 4.69) is 20.6 Å². The first kappa shape index (κ1) is 10.2. The molecule has 0 saturated carbocycles. The smallest absolute Gasteiger partial charge is 0.257 e. The second-order valence-electron chi connectivity index (χ2n) is 3.24. The largest absolute Gasteiger partial charge is 0.373 e. The minimum atomic E-state index is -0.153. The van der Waals surface area contributed by atoms with Gasteiger partial charge in [0.1, 0.15) is 5.82 Å². The number of pyridine rings is 1. The van der Waals surface area contributed by atoms with Crippen LogP contribution in [0.1, 0.15) is 10.4 Å². The van der Waals surface area contributed by atoms with Gasteiger partial charge in [0, 0.05) is 19.4 Å². The predicted octanol–water partition coefficient (Wildman–Crippen LogP) is 1.70. The minimum absolute atomic E-state index is 0.153. The lowest BCUT2D eigenvalue weighted by molar-refractivity contribution is 0.102. The summed E-state index contributed by atoms with van der Waals surface area (Å²) in [6, 6.07) is 5.31. The maximum Gasteiger partial charge on any atom is 0.257 e. The Morgan fingerprint density at radius 2 is 2.25 bits per heavy atom. The van der Waals surface area contributed by atoms with Crippen LogP contribution in [0.5, 0.6) is 0 Å². The summed E-state index contributed by atoms with van der Waals surface area (Å²) in [7, 11) is 1.79. The molecule has 0 aliphatic heterocycles. The zero-order valence-corrected chi connectivity index (χ0v) is 8.82. The molecule has 82 valence electrons. The highest BCUT2D eigenvalue weighted by atomic mass is 16.1. The van der Waals surface area contributed by atoms with E-state index < -0.39 is 0 Å². The Kier molecular flexibility index (Phi) is 2.86. The molecule has 0 aliphatic rings. The first-order valence-electron chi connectivity index (χ1n) is 4.87. The predicted molar refractivity (Wildman–Crippen MR) is 62.5 cm³/mol. The molecule has 3 N–H and O–H groups in total. The number of rotatable bonds is 3. The standard InChI is InChI=1S/C11H12N4O/c1-12-10-3-2-9(7-14-10)15-11(16)8-4-5-13-6-8/h2-7,13H,1H3,(H,12,14)(H,15,16). The number of amides is 1. The van der Waals surface area contributed by atoms with Gasteiger partial charge in [-0.25, -0.2) is 4.98 Å². The first-order chi connectivity index (χ1) is 7.79. The average Bonchev–Trinajstić information content (AvgIpc) is 2.83. The van der Waals surface area contributed by atoms with E-state index >= 15 is 0 Å². The van der Waals surface area contributed by atoms with Gasteiger partial charge < -0.3 is 15.6 Å². The van der Waals surface area contributed by atoms with Gasteiger partial charge >= 0.3 is 0 Å². The fourth-order valence-corrected chi connectivity index (χ4v) is 1.28. The van der Waals surface area contributed by atoms with Gasteiger partial charge in [-0.2, -0.15) is 0 Å². The molecule has 5 nitrogen and oxygen atoms in total. The number of H-pyrrole nitrogens is 1. The summed E-state index contributed by atoms with van der Waals surface area (Å²) < 4.78 is 0. The van der Waals surface area contributed by atoms with Crippen molar-refractivity contribution in [2.24, 2.45) is 0 Å². The van der Waals surface area contributed by atoms with Crippen molar-refractivity contribution >= 4 is 17.4 Å². The summed E-state index contributed by atoms with van der Waals surface area (Å²) in [5, 5.41) is 5.65. The van der Waals surface area contributed by atoms with Gasteiger partial charge in [0.15, 0.2) is 0 Å². The van der Waals surface area contributed by atoms with Crippen molar-refractivity contribution in [3.63, 3.8) is 0 Å². The van der Waals surface area contributed by atoms with Crippen LogP contribution in [0.2, 0.25) is 0 Å². The number of nitrogens with zero attached hydrogens (tertiary/aromatic N) is 1. The van der Waals surface area contributed by atoms with Crippen LogP contribution in [0.15, 0.2) is 36.8 Å². The van der Waals surface area contributed by atoms with Gasteiger partial charge in [-0.15, -0.1) is 0 Å². The van der Waals surface area contributed by atoms with E-state index in [0.717, 1.165) is 5.82 Å². The van der Waals surface area contributed by atoms with E-state index in [9.17, 15) is 4.79 Å². The lowest BCUT2D eigenvalue weighted by Gasteiger charge is -2.04.